The molecule has 0 unspecified atom stereocenters. The quantitative estimate of drug-likeness (QED) is 0.652. The van der Waals surface area contributed by atoms with E-state index in [2.05, 4.69) is 71.4 Å². The normalized spacial score (nSPS) is 10.9. The molecule has 2 aromatic heterocycles. The molecule has 0 spiro atoms. The number of hydrogen-bond acceptors (Lipinski definition) is 3. The molecule has 0 aliphatic heterocycles. The van der Waals surface area contributed by atoms with Crippen LogP contribution in [0.4, 0.5) is 0 Å². The van der Waals surface area contributed by atoms with Crippen molar-refractivity contribution in [3.8, 4) is 0 Å². The van der Waals surface area contributed by atoms with Crippen LogP contribution in [0.15, 0.2) is 72.9 Å². The maximum atomic E-state index is 4.75. The molecule has 0 bridgehead atoms. The van der Waals surface area contributed by atoms with Crippen LogP contribution >= 0.6 is 0 Å². The monoisotopic (exact) mass is 317 g/mol. The van der Waals surface area contributed by atoms with Gasteiger partial charge in [-0.25, -0.2) is 0 Å². The largest absolute Gasteiger partial charge is 0.287 e. The lowest BCUT2D eigenvalue weighted by Crippen LogP contribution is -2.23. The van der Waals surface area contributed by atoms with Crippen LogP contribution in [0.25, 0.3) is 0 Å². The molecule has 0 radical (unpaired) electrons. The number of hydrogen-bond donors (Lipinski definition) is 0. The molecule has 0 atom stereocenters. The van der Waals surface area contributed by atoms with Gasteiger partial charge in [-0.3, -0.25) is 14.9 Å². The summed E-state index contributed by atoms with van der Waals surface area (Å²) in [5.41, 5.74) is 4.64. The van der Waals surface area contributed by atoms with Crippen molar-refractivity contribution in [3.05, 3.63) is 95.6 Å². The van der Waals surface area contributed by atoms with Crippen LogP contribution in [0.3, 0.4) is 0 Å². The molecule has 2 heterocycles. The molecule has 0 fully saturated rings. The van der Waals surface area contributed by atoms with Crippen molar-refractivity contribution in [2.45, 2.75) is 33.0 Å². The number of aryl methyl sites for hydroxylation is 1. The van der Waals surface area contributed by atoms with E-state index < -0.39 is 0 Å². The van der Waals surface area contributed by atoms with Crippen LogP contribution in [0, 0.1) is 0 Å². The number of nitrogens with zero attached hydrogens (tertiary/aromatic N) is 3. The molecule has 0 saturated heterocycles. The summed E-state index contributed by atoms with van der Waals surface area (Å²) in [5, 5.41) is 0. The maximum Gasteiger partial charge on any atom is 0.0547 e. The summed E-state index contributed by atoms with van der Waals surface area (Å²) in [4.78, 5) is 11.6. The summed E-state index contributed by atoms with van der Waals surface area (Å²) in [6.45, 7) is 4.66. The van der Waals surface area contributed by atoms with Gasteiger partial charge < -0.3 is 0 Å². The molecule has 0 aliphatic carbocycles. The van der Waals surface area contributed by atoms with E-state index in [-0.39, 0.29) is 0 Å². The molecule has 24 heavy (non-hydrogen) atoms. The second-order valence-corrected chi connectivity index (χ2v) is 5.93. The van der Waals surface area contributed by atoms with Gasteiger partial charge in [0.1, 0.15) is 0 Å². The zero-order chi connectivity index (χ0) is 16.6. The first kappa shape index (κ1) is 16.3. The topological polar surface area (TPSA) is 29.0 Å². The highest BCUT2D eigenvalue weighted by Gasteiger charge is 2.10. The average Bonchev–Trinajstić information content (AvgIpc) is 2.63. The van der Waals surface area contributed by atoms with Crippen molar-refractivity contribution in [3.63, 3.8) is 0 Å². The highest BCUT2D eigenvalue weighted by Crippen LogP contribution is 2.12. The van der Waals surface area contributed by atoms with E-state index in [4.69, 9.17) is 4.98 Å². The predicted octanol–water partition coefficient (Wildman–Crippen LogP) is 4.24. The first-order valence-electron chi connectivity index (χ1n) is 8.44. The molecule has 3 aromatic rings. The van der Waals surface area contributed by atoms with E-state index in [1.54, 1.807) is 0 Å². The summed E-state index contributed by atoms with van der Waals surface area (Å²) in [6.07, 6.45) is 2.82. The Kier molecular flexibility index (Phi) is 5.70. The number of benzene rings is 1. The molecular weight excluding hydrogens is 294 g/mol. The van der Waals surface area contributed by atoms with Crippen molar-refractivity contribution in [1.82, 2.24) is 14.9 Å². The third-order valence-corrected chi connectivity index (χ3v) is 3.97. The van der Waals surface area contributed by atoms with Gasteiger partial charge in [0.25, 0.3) is 0 Å². The Labute approximate surface area is 144 Å². The third kappa shape index (κ3) is 4.74. The molecule has 3 rings (SSSR count). The van der Waals surface area contributed by atoms with Gasteiger partial charge in [0.05, 0.1) is 11.4 Å². The Hall–Kier alpha value is -2.52. The van der Waals surface area contributed by atoms with E-state index in [0.717, 1.165) is 43.1 Å². The zero-order valence-electron chi connectivity index (χ0n) is 14.1. The summed E-state index contributed by atoms with van der Waals surface area (Å²) in [7, 11) is 0. The fourth-order valence-corrected chi connectivity index (χ4v) is 2.77. The Morgan fingerprint density at radius 2 is 1.42 bits per heavy atom. The summed E-state index contributed by atoms with van der Waals surface area (Å²) >= 11 is 0. The van der Waals surface area contributed by atoms with E-state index in [0.29, 0.717) is 0 Å². The van der Waals surface area contributed by atoms with Crippen LogP contribution < -0.4 is 0 Å². The van der Waals surface area contributed by atoms with Crippen molar-refractivity contribution in [1.29, 1.82) is 0 Å². The number of pyridine rings is 2. The molecule has 1 aromatic carbocycles. The van der Waals surface area contributed by atoms with Crippen LogP contribution in [0.1, 0.15) is 29.6 Å². The van der Waals surface area contributed by atoms with E-state index >= 15 is 0 Å². The molecule has 3 nitrogen and oxygen atoms in total. The molecular formula is C21H23N3. The van der Waals surface area contributed by atoms with Crippen molar-refractivity contribution < 1.29 is 0 Å². The highest BCUT2D eigenvalue weighted by atomic mass is 15.1. The number of aromatic nitrogens is 2. The Morgan fingerprint density at radius 1 is 0.708 bits per heavy atom. The Bertz CT molecular complexity index is 700. The van der Waals surface area contributed by atoms with Crippen molar-refractivity contribution >= 4 is 0 Å². The third-order valence-electron chi connectivity index (χ3n) is 3.97. The molecule has 122 valence electrons. The first-order valence-corrected chi connectivity index (χ1v) is 8.44. The fourth-order valence-electron chi connectivity index (χ4n) is 2.77. The second kappa shape index (κ2) is 8.37. The second-order valence-electron chi connectivity index (χ2n) is 5.93. The van der Waals surface area contributed by atoms with Crippen molar-refractivity contribution in [2.75, 3.05) is 0 Å². The van der Waals surface area contributed by atoms with E-state index in [1.165, 1.54) is 5.56 Å². The fraction of sp³-hybridized carbons (Fsp3) is 0.238. The minimum Gasteiger partial charge on any atom is -0.287 e. The average molecular weight is 317 g/mol. The summed E-state index contributed by atoms with van der Waals surface area (Å²) in [5.74, 6) is 0. The van der Waals surface area contributed by atoms with Gasteiger partial charge in [-0.1, -0.05) is 49.4 Å². The molecule has 0 saturated carbocycles. The lowest BCUT2D eigenvalue weighted by Gasteiger charge is -2.22. The maximum absolute atomic E-state index is 4.75. The Morgan fingerprint density at radius 3 is 2.17 bits per heavy atom. The van der Waals surface area contributed by atoms with Crippen LogP contribution in [0.5, 0.6) is 0 Å². The van der Waals surface area contributed by atoms with Gasteiger partial charge in [-0.2, -0.15) is 0 Å². The smallest absolute Gasteiger partial charge is 0.0547 e. The summed E-state index contributed by atoms with van der Waals surface area (Å²) < 4.78 is 0. The van der Waals surface area contributed by atoms with Gasteiger partial charge in [-0.05, 0) is 36.2 Å². The van der Waals surface area contributed by atoms with Crippen molar-refractivity contribution in [2.24, 2.45) is 0 Å². The first-order chi connectivity index (χ1) is 11.8. The van der Waals surface area contributed by atoms with Gasteiger partial charge in [-0.15, -0.1) is 0 Å². The van der Waals surface area contributed by atoms with Crippen LogP contribution in [-0.2, 0) is 26.1 Å². The molecule has 0 amide bonds. The summed E-state index contributed by atoms with van der Waals surface area (Å²) in [6, 6.07) is 22.9. The minimum absolute atomic E-state index is 0.813. The van der Waals surface area contributed by atoms with Gasteiger partial charge in [0.15, 0.2) is 0 Å². The Balaban J connectivity index is 1.78. The highest BCUT2D eigenvalue weighted by molar-refractivity contribution is 5.16. The van der Waals surface area contributed by atoms with Crippen LogP contribution in [-0.4, -0.2) is 14.9 Å². The van der Waals surface area contributed by atoms with Gasteiger partial charge in [0, 0.05) is 31.5 Å². The number of rotatable bonds is 7. The predicted molar refractivity (Wildman–Crippen MR) is 97.2 cm³/mol. The molecule has 0 N–H and O–H groups in total. The molecule has 0 aliphatic rings. The standard InChI is InChI=1S/C21H23N3/c1-2-19-12-8-13-21(23-19)17-24(15-18-9-4-3-5-10-18)16-20-11-6-7-14-22-20/h3-14H,2,15-17H2,1H3. The van der Waals surface area contributed by atoms with Gasteiger partial charge >= 0.3 is 0 Å². The minimum atomic E-state index is 0.813. The lowest BCUT2D eigenvalue weighted by molar-refractivity contribution is 0.241. The lowest BCUT2D eigenvalue weighted by atomic mass is 10.2. The van der Waals surface area contributed by atoms with Gasteiger partial charge in [0.2, 0.25) is 0 Å². The zero-order valence-corrected chi connectivity index (χ0v) is 14.1. The SMILES string of the molecule is CCc1cccc(CN(Cc2ccccc2)Cc2ccccn2)n1. The van der Waals surface area contributed by atoms with E-state index in [9.17, 15) is 0 Å². The molecule has 3 heteroatoms. The van der Waals surface area contributed by atoms with Crippen LogP contribution in [0.2, 0.25) is 0 Å². The van der Waals surface area contributed by atoms with E-state index in [1.807, 2.05) is 18.3 Å².